The van der Waals surface area contributed by atoms with Crippen molar-refractivity contribution in [3.63, 3.8) is 0 Å². The number of aliphatic hydroxyl groups is 1. The Kier molecular flexibility index (Phi) is 9.78. The molecule has 1 saturated carbocycles. The van der Waals surface area contributed by atoms with Gasteiger partial charge in [0.1, 0.15) is 16.7 Å². The molecule has 5 rings (SSSR count). The summed E-state index contributed by atoms with van der Waals surface area (Å²) in [6.45, 7) is 8.36. The minimum atomic E-state index is -1.51. The summed E-state index contributed by atoms with van der Waals surface area (Å²) in [6.07, 6.45) is 9.52. The van der Waals surface area contributed by atoms with Gasteiger partial charge in [0.15, 0.2) is 0 Å². The minimum Gasteiger partial charge on any atom is -0.491 e. The Bertz CT molecular complexity index is 1230. The van der Waals surface area contributed by atoms with E-state index in [1.807, 2.05) is 32.0 Å². The number of aryl methyl sites for hydroxylation is 1. The summed E-state index contributed by atoms with van der Waals surface area (Å²) in [7, 11) is -0.506. The van der Waals surface area contributed by atoms with E-state index in [2.05, 4.69) is 40.8 Å². The fraction of sp³-hybridized carbons (Fsp3) is 0.516. The summed E-state index contributed by atoms with van der Waals surface area (Å²) < 4.78 is 21.6. The maximum atomic E-state index is 13.1. The number of fused-ring (bicyclic) bond motifs is 2. The van der Waals surface area contributed by atoms with E-state index in [0.29, 0.717) is 30.4 Å². The molecule has 0 saturated heterocycles. The zero-order chi connectivity index (χ0) is 28.2. The third-order valence-electron chi connectivity index (χ3n) is 8.12. The Morgan fingerprint density at radius 2 is 1.95 bits per heavy atom. The lowest BCUT2D eigenvalue weighted by molar-refractivity contribution is 0.0982. The zero-order valence-corrected chi connectivity index (χ0v) is 25.0. The van der Waals surface area contributed by atoms with Crippen molar-refractivity contribution in [1.82, 2.24) is 4.72 Å². The van der Waals surface area contributed by atoms with Crippen molar-refractivity contribution in [3.8, 4) is 5.75 Å². The number of nitrogens with zero attached hydrogens (tertiary/aromatic N) is 1. The van der Waals surface area contributed by atoms with E-state index >= 15 is 0 Å². The number of carbonyl (C=O) groups is 1. The number of benzene rings is 2. The Morgan fingerprint density at radius 3 is 2.67 bits per heavy atom. The highest BCUT2D eigenvalue weighted by Crippen LogP contribution is 2.42. The number of aliphatic hydroxyl groups excluding tert-OH is 1. The number of anilines is 1. The second-order valence-electron chi connectivity index (χ2n) is 11.3. The molecule has 6 nitrogen and oxygen atoms in total. The van der Waals surface area contributed by atoms with E-state index in [9.17, 15) is 9.00 Å². The van der Waals surface area contributed by atoms with Gasteiger partial charge < -0.3 is 14.7 Å². The van der Waals surface area contributed by atoms with Crippen LogP contribution in [0.5, 0.6) is 5.75 Å². The van der Waals surface area contributed by atoms with E-state index in [0.717, 1.165) is 49.5 Å². The zero-order valence-electron chi connectivity index (χ0n) is 23.4. The Morgan fingerprint density at radius 1 is 1.15 bits per heavy atom. The number of rotatable bonds is 3. The monoisotopic (exact) mass is 572 g/mol. The van der Waals surface area contributed by atoms with Crippen LogP contribution in [0.4, 0.5) is 5.69 Å². The fourth-order valence-corrected chi connectivity index (χ4v) is 6.70. The van der Waals surface area contributed by atoms with Crippen LogP contribution in [-0.4, -0.2) is 46.8 Å². The number of carbonyl (C=O) groups excluding carboxylic acids is 1. The molecule has 1 aliphatic carbocycles. The maximum absolute atomic E-state index is 13.1. The lowest BCUT2D eigenvalue weighted by Crippen LogP contribution is -2.41. The summed E-state index contributed by atoms with van der Waals surface area (Å²) in [6, 6.07) is 11.8. The third-order valence-corrected chi connectivity index (χ3v) is 9.89. The average molecular weight is 573 g/mol. The van der Waals surface area contributed by atoms with Gasteiger partial charge >= 0.3 is 0 Å². The van der Waals surface area contributed by atoms with Crippen LogP contribution in [0.1, 0.15) is 73.9 Å². The topological polar surface area (TPSA) is 78.9 Å². The largest absolute Gasteiger partial charge is 0.491 e. The van der Waals surface area contributed by atoms with Gasteiger partial charge in [-0.1, -0.05) is 43.2 Å². The summed E-state index contributed by atoms with van der Waals surface area (Å²) in [5.74, 6) is 1.72. The van der Waals surface area contributed by atoms with Crippen LogP contribution in [0, 0.1) is 11.8 Å². The lowest BCUT2D eigenvalue weighted by Gasteiger charge is -2.40. The molecule has 2 aliphatic heterocycles. The first-order chi connectivity index (χ1) is 18.7. The van der Waals surface area contributed by atoms with E-state index in [-0.39, 0.29) is 11.8 Å². The summed E-state index contributed by atoms with van der Waals surface area (Å²) >= 11 is 6.36. The molecule has 8 heteroatoms. The molecule has 0 spiro atoms. The molecule has 3 aliphatic rings. The molecule has 2 N–H and O–H groups in total. The van der Waals surface area contributed by atoms with Crippen LogP contribution >= 0.6 is 11.6 Å². The molecule has 0 radical (unpaired) electrons. The Labute approximate surface area is 240 Å². The number of nitrogens with one attached hydrogen (secondary N) is 1. The summed E-state index contributed by atoms with van der Waals surface area (Å²) in [5, 5.41) is 7.77. The SMILES string of the molecule is CCCc1cc(Cl)ccc1C1COc2ccc3cc2N(C1)CC1CCC1/C=C\CC(C)(C)S(=O)NC3=O.CO. The smallest absolute Gasteiger partial charge is 0.263 e. The number of hydrogen-bond acceptors (Lipinski definition) is 5. The van der Waals surface area contributed by atoms with Crippen LogP contribution < -0.4 is 14.4 Å². The predicted octanol–water partition coefficient (Wildman–Crippen LogP) is 6.04. The van der Waals surface area contributed by atoms with Gasteiger partial charge in [-0.2, -0.15) is 0 Å². The molecule has 4 unspecified atom stereocenters. The van der Waals surface area contributed by atoms with Gasteiger partial charge in [0.05, 0.1) is 17.0 Å². The van der Waals surface area contributed by atoms with Crippen molar-refractivity contribution >= 4 is 34.2 Å². The maximum Gasteiger partial charge on any atom is 0.263 e. The number of allylic oxidation sites excluding steroid dienone is 2. The molecule has 1 fully saturated rings. The molecule has 39 heavy (non-hydrogen) atoms. The predicted molar refractivity (Wildman–Crippen MR) is 160 cm³/mol. The molecule has 4 atom stereocenters. The van der Waals surface area contributed by atoms with Crippen LogP contribution in [-0.2, 0) is 17.4 Å². The third kappa shape index (κ3) is 6.69. The number of ether oxygens (including phenoxy) is 1. The molecule has 2 aromatic carbocycles. The van der Waals surface area contributed by atoms with Crippen molar-refractivity contribution in [1.29, 1.82) is 0 Å². The normalized spacial score (nSPS) is 26.7. The van der Waals surface area contributed by atoms with Crippen molar-refractivity contribution in [2.75, 3.05) is 31.7 Å². The number of halogens is 1. The average Bonchev–Trinajstić information content (AvgIpc) is 3.09. The Hall–Kier alpha value is -2.35. The minimum absolute atomic E-state index is 0.185. The fourth-order valence-electron chi connectivity index (χ4n) is 5.70. The number of amides is 1. The standard InChI is InChI=1S/C30H37ClN2O3S.CH4O/c1-4-6-21-15-25(31)11-12-26(21)24-18-33-17-23-9-8-20(23)7-5-14-30(2,3)37(35)32-29(34)22-10-13-28(36-19-24)27(33)16-22;1-2/h5,7,10-13,15-16,20,23-24H,4,6,8-9,14,17-19H2,1-3H3,(H,32,34);2H,1H3/b7-5-;. The Balaban J connectivity index is 0.00000172. The van der Waals surface area contributed by atoms with Crippen LogP contribution in [0.15, 0.2) is 48.6 Å². The quantitative estimate of drug-likeness (QED) is 0.438. The van der Waals surface area contributed by atoms with Crippen molar-refractivity contribution < 1.29 is 18.8 Å². The van der Waals surface area contributed by atoms with Gasteiger partial charge in [-0.15, -0.1) is 0 Å². The molecule has 212 valence electrons. The molecule has 0 aromatic heterocycles. The van der Waals surface area contributed by atoms with Crippen molar-refractivity contribution in [3.05, 3.63) is 70.3 Å². The molecule has 1 amide bonds. The molecule has 2 aromatic rings. The van der Waals surface area contributed by atoms with Crippen LogP contribution in [0.2, 0.25) is 5.02 Å². The van der Waals surface area contributed by atoms with Gasteiger partial charge in [-0.3, -0.25) is 9.52 Å². The summed E-state index contributed by atoms with van der Waals surface area (Å²) in [5.41, 5.74) is 4.02. The molecule has 2 bridgehead atoms. The first-order valence-corrected chi connectivity index (χ1v) is 15.4. The van der Waals surface area contributed by atoms with Crippen LogP contribution in [0.3, 0.4) is 0 Å². The van der Waals surface area contributed by atoms with E-state index in [4.69, 9.17) is 21.4 Å². The van der Waals surface area contributed by atoms with Gasteiger partial charge in [-0.25, -0.2) is 4.21 Å². The highest BCUT2D eigenvalue weighted by Gasteiger charge is 2.35. The second-order valence-corrected chi connectivity index (χ2v) is 13.6. The van der Waals surface area contributed by atoms with Gasteiger partial charge in [0.2, 0.25) is 0 Å². The lowest BCUT2D eigenvalue weighted by atomic mass is 9.73. The number of hydrogen-bond donors (Lipinski definition) is 2. The highest BCUT2D eigenvalue weighted by molar-refractivity contribution is 7.85. The van der Waals surface area contributed by atoms with Gasteiger partial charge in [-0.05, 0) is 92.8 Å². The van der Waals surface area contributed by atoms with Crippen molar-refractivity contribution in [2.24, 2.45) is 11.8 Å². The highest BCUT2D eigenvalue weighted by atomic mass is 35.5. The first-order valence-electron chi connectivity index (χ1n) is 13.9. The van der Waals surface area contributed by atoms with E-state index in [1.54, 1.807) is 6.07 Å². The summed E-state index contributed by atoms with van der Waals surface area (Å²) in [4.78, 5) is 15.5. The molecular weight excluding hydrogens is 532 g/mol. The van der Waals surface area contributed by atoms with Crippen molar-refractivity contribution in [2.45, 2.75) is 63.5 Å². The second kappa shape index (κ2) is 12.9. The first kappa shape index (κ1) is 29.6. The van der Waals surface area contributed by atoms with E-state index < -0.39 is 15.7 Å². The molecular formula is C31H41ClN2O4S. The molecule has 2 heterocycles. The van der Waals surface area contributed by atoms with Gasteiger partial charge in [0.25, 0.3) is 5.91 Å². The van der Waals surface area contributed by atoms with E-state index in [1.165, 1.54) is 24.0 Å². The van der Waals surface area contributed by atoms with Gasteiger partial charge in [0, 0.05) is 36.7 Å². The van der Waals surface area contributed by atoms with Crippen LogP contribution in [0.25, 0.3) is 0 Å².